The van der Waals surface area contributed by atoms with E-state index < -0.39 is 66.2 Å². The van der Waals surface area contributed by atoms with Gasteiger partial charge in [-0.1, -0.05) is 36.3 Å². The minimum Gasteiger partial charge on any atom is -0.459 e. The van der Waals surface area contributed by atoms with Crippen LogP contribution < -0.4 is 11.4 Å². The summed E-state index contributed by atoms with van der Waals surface area (Å²) in [6.07, 6.45) is -3.01. The number of hydrogen-bond donors (Lipinski definition) is 5. The van der Waals surface area contributed by atoms with Crippen LogP contribution in [0.5, 0.6) is 0 Å². The summed E-state index contributed by atoms with van der Waals surface area (Å²) in [7, 11) is -16.9. The van der Waals surface area contributed by atoms with Crippen molar-refractivity contribution in [3.05, 3.63) is 68.6 Å². The van der Waals surface area contributed by atoms with Crippen molar-refractivity contribution in [2.75, 3.05) is 12.3 Å². The zero-order chi connectivity index (χ0) is 31.3. The van der Waals surface area contributed by atoms with Crippen LogP contribution in [0.4, 0.5) is 5.82 Å². The molecule has 42 heavy (non-hydrogen) atoms. The fraction of sp³-hybridized carbons (Fsp3) is 0.421. The van der Waals surface area contributed by atoms with Gasteiger partial charge in [0.1, 0.15) is 24.3 Å². The zero-order valence-corrected chi connectivity index (χ0v) is 24.1. The zero-order valence-electron chi connectivity index (χ0n) is 21.4. The van der Waals surface area contributed by atoms with Crippen LogP contribution in [0, 0.1) is 0 Å². The number of ether oxygens (including phenoxy) is 2. The quantitative estimate of drug-likeness (QED) is 0.0678. The maximum Gasteiger partial charge on any atom is 0.490 e. The fourth-order valence-corrected chi connectivity index (χ4v) is 6.90. The number of phosphoric ester groups is 1. The Balaban J connectivity index is 1.79. The maximum atomic E-state index is 12.9. The molecule has 230 valence electrons. The highest BCUT2D eigenvalue weighted by molar-refractivity contribution is 7.66. The van der Waals surface area contributed by atoms with Crippen molar-refractivity contribution in [1.82, 2.24) is 9.55 Å². The van der Waals surface area contributed by atoms with Crippen molar-refractivity contribution in [2.24, 2.45) is 5.11 Å². The second-order valence-corrected chi connectivity index (χ2v) is 13.0. The normalized spacial score (nSPS) is 22.4. The number of nitrogen functional groups attached to an aromatic ring is 1. The van der Waals surface area contributed by atoms with Gasteiger partial charge in [-0.25, -0.2) is 18.5 Å². The van der Waals surface area contributed by atoms with Gasteiger partial charge in [0, 0.05) is 17.5 Å². The molecule has 3 rings (SSSR count). The van der Waals surface area contributed by atoms with Gasteiger partial charge in [0.05, 0.1) is 19.1 Å². The van der Waals surface area contributed by atoms with Gasteiger partial charge < -0.3 is 34.8 Å². The summed E-state index contributed by atoms with van der Waals surface area (Å²) in [5.41, 5.74) is 14.4. The first-order valence-corrected chi connectivity index (χ1v) is 16.1. The molecule has 4 unspecified atom stereocenters. The van der Waals surface area contributed by atoms with Crippen molar-refractivity contribution in [3.63, 3.8) is 0 Å². The van der Waals surface area contributed by atoms with E-state index in [0.29, 0.717) is 11.1 Å². The topological polar surface area (TPSA) is 305 Å². The van der Waals surface area contributed by atoms with Gasteiger partial charge in [-0.2, -0.15) is 13.6 Å². The van der Waals surface area contributed by atoms with Crippen LogP contribution in [-0.2, 0) is 47.5 Å². The molecular weight excluding hydrogens is 629 g/mol. The van der Waals surface area contributed by atoms with Crippen molar-refractivity contribution in [2.45, 2.75) is 44.2 Å². The number of anilines is 1. The number of carbonyl (C=O) groups excluding carboxylic acids is 1. The lowest BCUT2D eigenvalue weighted by Gasteiger charge is -2.21. The summed E-state index contributed by atoms with van der Waals surface area (Å²) in [5.74, 6) is -0.897. The molecule has 23 heteroatoms. The molecule has 6 atom stereocenters. The Morgan fingerprint density at radius 2 is 1.90 bits per heavy atom. The highest BCUT2D eigenvalue weighted by Gasteiger charge is 2.44. The highest BCUT2D eigenvalue weighted by atomic mass is 31.3. The van der Waals surface area contributed by atoms with E-state index in [1.165, 1.54) is 12.3 Å². The number of phosphoric acid groups is 3. The van der Waals surface area contributed by atoms with Crippen LogP contribution in [0.1, 0.15) is 36.7 Å². The Morgan fingerprint density at radius 1 is 1.21 bits per heavy atom. The summed E-state index contributed by atoms with van der Waals surface area (Å²) < 4.78 is 58.9. The van der Waals surface area contributed by atoms with E-state index in [1.807, 2.05) is 0 Å². The number of nitrogens with zero attached hydrogens (tertiary/aromatic N) is 5. The van der Waals surface area contributed by atoms with Gasteiger partial charge in [0.15, 0.2) is 0 Å². The van der Waals surface area contributed by atoms with Crippen LogP contribution in [0.15, 0.2) is 46.4 Å². The molecule has 1 aliphatic rings. The Kier molecular flexibility index (Phi) is 10.8. The van der Waals surface area contributed by atoms with Crippen LogP contribution in [0.3, 0.4) is 0 Å². The highest BCUT2D eigenvalue weighted by Crippen LogP contribution is 2.66. The van der Waals surface area contributed by atoms with Gasteiger partial charge in [-0.3, -0.25) is 13.9 Å². The molecule has 0 aliphatic carbocycles. The molecule has 6 N–H and O–H groups in total. The number of aromatic nitrogens is 2. The minimum absolute atomic E-state index is 0.0879. The predicted molar refractivity (Wildman–Crippen MR) is 139 cm³/mol. The van der Waals surface area contributed by atoms with E-state index in [1.54, 1.807) is 31.2 Å². The van der Waals surface area contributed by atoms with E-state index in [2.05, 4.69) is 28.2 Å². The average Bonchev–Trinajstić information content (AvgIpc) is 3.23. The molecular formula is C19H25N6O14P3. The van der Waals surface area contributed by atoms with Gasteiger partial charge in [-0.15, -0.1) is 0 Å². The first-order chi connectivity index (χ1) is 19.5. The number of benzene rings is 1. The maximum absolute atomic E-state index is 12.9. The average molecular weight is 654 g/mol. The standard InChI is InChI=1S/C19H25N6O14P3/c1-11(23-24-21)13-5-3-2-4-12(13)8-18(26)37-14-9-17(25-7-6-16(20)22-19(25)27)36-15(14)10-35-41(31,32)39-42(33,34)38-40(28,29)30/h2-7,11,14-15,17H,8-10H2,1H3,(H,31,32)(H,33,34)(H2,20,22,27)(H2,28,29,30)/t11?,14?,15-,17-/m1/s1. The van der Waals surface area contributed by atoms with E-state index in [4.69, 9.17) is 30.5 Å². The van der Waals surface area contributed by atoms with E-state index in [0.717, 1.165) is 4.57 Å². The van der Waals surface area contributed by atoms with Crippen LogP contribution in [0.2, 0.25) is 0 Å². The van der Waals surface area contributed by atoms with Crippen LogP contribution >= 0.6 is 23.5 Å². The summed E-state index contributed by atoms with van der Waals surface area (Å²) in [6.45, 7) is 0.677. The molecule has 0 spiro atoms. The molecule has 1 aromatic carbocycles. The third-order valence-electron chi connectivity index (χ3n) is 5.51. The second-order valence-electron chi connectivity index (χ2n) is 8.58. The summed E-state index contributed by atoms with van der Waals surface area (Å²) >= 11 is 0. The monoisotopic (exact) mass is 654 g/mol. The molecule has 1 fully saturated rings. The second kappa shape index (κ2) is 13.6. The van der Waals surface area contributed by atoms with Crippen LogP contribution in [0.25, 0.3) is 10.4 Å². The molecule has 2 aromatic rings. The fourth-order valence-electron chi connectivity index (χ4n) is 3.87. The molecule has 1 aromatic heterocycles. The molecule has 2 heterocycles. The van der Waals surface area contributed by atoms with Gasteiger partial charge in [0.25, 0.3) is 0 Å². The lowest BCUT2D eigenvalue weighted by atomic mass is 9.99. The molecule has 0 radical (unpaired) electrons. The first kappa shape index (κ1) is 33.6. The Bertz CT molecular complexity index is 1560. The number of nitrogens with two attached hydrogens (primary N) is 1. The number of hydrogen-bond acceptors (Lipinski definition) is 13. The third kappa shape index (κ3) is 9.81. The lowest BCUT2D eigenvalue weighted by molar-refractivity contribution is -0.152. The van der Waals surface area contributed by atoms with Crippen molar-refractivity contribution >= 4 is 35.3 Å². The Labute approximate surface area is 236 Å². The molecule has 0 bridgehead atoms. The van der Waals surface area contributed by atoms with E-state index >= 15 is 0 Å². The first-order valence-electron chi connectivity index (χ1n) is 11.6. The van der Waals surface area contributed by atoms with Crippen molar-refractivity contribution in [1.29, 1.82) is 0 Å². The van der Waals surface area contributed by atoms with Crippen molar-refractivity contribution in [3.8, 4) is 0 Å². The van der Waals surface area contributed by atoms with E-state index in [9.17, 15) is 33.1 Å². The molecule has 1 aliphatic heterocycles. The predicted octanol–water partition coefficient (Wildman–Crippen LogP) is 1.98. The van der Waals surface area contributed by atoms with Gasteiger partial charge in [0.2, 0.25) is 0 Å². The molecule has 0 amide bonds. The largest absolute Gasteiger partial charge is 0.490 e. The van der Waals surface area contributed by atoms with Crippen LogP contribution in [-0.4, -0.2) is 53.9 Å². The summed E-state index contributed by atoms with van der Waals surface area (Å²) in [4.78, 5) is 68.1. The number of esters is 1. The van der Waals surface area contributed by atoms with Gasteiger partial charge in [-0.05, 0) is 22.7 Å². The smallest absolute Gasteiger partial charge is 0.459 e. The summed E-state index contributed by atoms with van der Waals surface area (Å²) in [5, 5.41) is 3.62. The Hall–Kier alpha value is -2.95. The third-order valence-corrected chi connectivity index (χ3v) is 9.31. The van der Waals surface area contributed by atoms with Crippen molar-refractivity contribution < 1.29 is 60.7 Å². The molecule has 1 saturated heterocycles. The lowest BCUT2D eigenvalue weighted by Crippen LogP contribution is -2.31. The number of carbonyl (C=O) groups is 1. The number of rotatable bonds is 13. The molecule has 20 nitrogen and oxygen atoms in total. The molecule has 0 saturated carbocycles. The Morgan fingerprint density at radius 3 is 2.55 bits per heavy atom. The minimum atomic E-state index is -5.79. The number of azide groups is 1. The SMILES string of the molecule is CC(N=[N+]=[N-])c1ccccc1CC(=O)OC1C[C@H](n2ccc(N)nc2=O)O[C@@H]1COP(=O)(O)OP(=O)(O)OP(=O)(O)O. The van der Waals surface area contributed by atoms with E-state index in [-0.39, 0.29) is 18.7 Å². The summed E-state index contributed by atoms with van der Waals surface area (Å²) in [6, 6.07) is 7.27. The van der Waals surface area contributed by atoms with Gasteiger partial charge >= 0.3 is 35.1 Å².